The van der Waals surface area contributed by atoms with E-state index in [2.05, 4.69) is 20.6 Å². The number of hydrogen-bond donors (Lipinski definition) is 1. The molecule has 0 saturated heterocycles. The van der Waals surface area contributed by atoms with Crippen LogP contribution in [0.5, 0.6) is 0 Å². The lowest BCUT2D eigenvalue weighted by atomic mass is 10.3. The second-order valence-corrected chi connectivity index (χ2v) is 5.45. The third-order valence-electron chi connectivity index (χ3n) is 2.32. The van der Waals surface area contributed by atoms with Gasteiger partial charge >= 0.3 is 5.97 Å². The number of carbonyl (C=O) groups is 1. The Hall–Kier alpha value is -2.26. The van der Waals surface area contributed by atoms with Crippen molar-refractivity contribution in [3.63, 3.8) is 0 Å². The molecule has 102 valence electrons. The molecule has 0 radical (unpaired) electrons. The Morgan fingerprint density at radius 2 is 2.35 bits per heavy atom. The van der Waals surface area contributed by atoms with Gasteiger partial charge in [0.2, 0.25) is 0 Å². The Labute approximate surface area is 120 Å². The molecule has 3 aromatic heterocycles. The Morgan fingerprint density at radius 1 is 1.50 bits per heavy atom. The third kappa shape index (κ3) is 2.53. The van der Waals surface area contributed by atoms with Gasteiger partial charge in [0, 0.05) is 6.07 Å². The van der Waals surface area contributed by atoms with Gasteiger partial charge in [-0.25, -0.2) is 4.79 Å². The largest absolute Gasteiger partial charge is 0.475 e. The summed E-state index contributed by atoms with van der Waals surface area (Å²) in [6.07, 6.45) is 0. The summed E-state index contributed by atoms with van der Waals surface area (Å²) in [6, 6.07) is 5.31. The van der Waals surface area contributed by atoms with Crippen molar-refractivity contribution in [1.82, 2.24) is 25.4 Å². The van der Waals surface area contributed by atoms with E-state index in [0.29, 0.717) is 15.8 Å². The summed E-state index contributed by atoms with van der Waals surface area (Å²) in [7, 11) is 0. The summed E-state index contributed by atoms with van der Waals surface area (Å²) in [6.45, 7) is 0.170. The van der Waals surface area contributed by atoms with Crippen LogP contribution in [0.4, 0.5) is 0 Å². The lowest BCUT2D eigenvalue weighted by molar-refractivity contribution is 0.0683. The molecule has 0 aliphatic heterocycles. The van der Waals surface area contributed by atoms with E-state index in [0.717, 1.165) is 9.67 Å². The molecule has 0 amide bonds. The zero-order valence-corrected chi connectivity index (χ0v) is 11.3. The highest BCUT2D eigenvalue weighted by Crippen LogP contribution is 2.31. The van der Waals surface area contributed by atoms with Gasteiger partial charge in [-0.15, -0.1) is 21.5 Å². The summed E-state index contributed by atoms with van der Waals surface area (Å²) >= 11 is 7.22. The predicted octanol–water partition coefficient (Wildman–Crippen LogP) is 1.79. The normalized spacial score (nSPS) is 10.8. The summed E-state index contributed by atoms with van der Waals surface area (Å²) in [5.41, 5.74) is 0.555. The third-order valence-corrected chi connectivity index (χ3v) is 3.57. The highest BCUT2D eigenvalue weighted by molar-refractivity contribution is 7.19. The number of aromatic nitrogens is 5. The number of hydrogen-bond acceptors (Lipinski definition) is 7. The van der Waals surface area contributed by atoms with Gasteiger partial charge in [-0.1, -0.05) is 16.8 Å². The molecule has 0 aliphatic rings. The second kappa shape index (κ2) is 5.02. The van der Waals surface area contributed by atoms with Crippen LogP contribution in [0.25, 0.3) is 10.6 Å². The van der Waals surface area contributed by atoms with Crippen LogP contribution in [0.2, 0.25) is 4.34 Å². The summed E-state index contributed by atoms with van der Waals surface area (Å²) < 4.78 is 5.84. The summed E-state index contributed by atoms with van der Waals surface area (Å²) in [5, 5.41) is 23.2. The smallest absolute Gasteiger partial charge is 0.377 e. The zero-order chi connectivity index (χ0) is 14.1. The van der Waals surface area contributed by atoms with Gasteiger partial charge in [-0.2, -0.15) is 4.80 Å². The van der Waals surface area contributed by atoms with Crippen LogP contribution in [0.3, 0.4) is 0 Å². The van der Waals surface area contributed by atoms with Gasteiger partial charge in [0.05, 0.1) is 9.21 Å². The highest BCUT2D eigenvalue weighted by atomic mass is 35.5. The van der Waals surface area contributed by atoms with Gasteiger partial charge in [-0.3, -0.25) is 0 Å². The van der Waals surface area contributed by atoms with Crippen molar-refractivity contribution in [3.05, 3.63) is 34.1 Å². The maximum absolute atomic E-state index is 10.6. The minimum absolute atomic E-state index is 0.170. The average Bonchev–Trinajstić information content (AvgIpc) is 3.09. The number of halogens is 1. The summed E-state index contributed by atoms with van der Waals surface area (Å²) in [4.78, 5) is 12.6. The molecule has 0 unspecified atom stereocenters. The first-order valence-electron chi connectivity index (χ1n) is 5.34. The van der Waals surface area contributed by atoms with Crippen molar-refractivity contribution >= 4 is 28.9 Å². The maximum atomic E-state index is 10.6. The summed E-state index contributed by atoms with van der Waals surface area (Å²) in [5.74, 6) is -1.01. The van der Waals surface area contributed by atoms with Crippen LogP contribution < -0.4 is 0 Å². The van der Waals surface area contributed by atoms with Gasteiger partial charge < -0.3 is 9.63 Å². The van der Waals surface area contributed by atoms with Crippen LogP contribution in [0.15, 0.2) is 22.7 Å². The molecule has 0 fully saturated rings. The molecule has 0 aliphatic carbocycles. The van der Waals surface area contributed by atoms with E-state index in [1.807, 2.05) is 6.07 Å². The van der Waals surface area contributed by atoms with Gasteiger partial charge in [0.25, 0.3) is 5.82 Å². The minimum atomic E-state index is -1.23. The van der Waals surface area contributed by atoms with E-state index in [1.54, 1.807) is 12.1 Å². The quantitative estimate of drug-likeness (QED) is 0.782. The number of aromatic carboxylic acids is 1. The first-order valence-corrected chi connectivity index (χ1v) is 6.53. The van der Waals surface area contributed by atoms with E-state index in [4.69, 9.17) is 21.2 Å². The predicted molar refractivity (Wildman–Crippen MR) is 68.7 cm³/mol. The highest BCUT2D eigenvalue weighted by Gasteiger charge is 2.13. The number of rotatable bonds is 4. The molecule has 0 spiro atoms. The molecule has 1 N–H and O–H groups in total. The topological polar surface area (TPSA) is 107 Å². The number of carboxylic acids is 1. The molecule has 10 heteroatoms. The molecule has 0 aromatic carbocycles. The van der Waals surface area contributed by atoms with Crippen molar-refractivity contribution in [2.24, 2.45) is 0 Å². The Morgan fingerprint density at radius 3 is 3.00 bits per heavy atom. The Balaban J connectivity index is 1.78. The second-order valence-electron chi connectivity index (χ2n) is 3.73. The molecule has 20 heavy (non-hydrogen) atoms. The van der Waals surface area contributed by atoms with E-state index in [9.17, 15) is 4.79 Å². The van der Waals surface area contributed by atoms with Gasteiger partial charge in [-0.05, 0) is 17.3 Å². The van der Waals surface area contributed by atoms with Gasteiger partial charge in [0.15, 0.2) is 5.76 Å². The number of nitrogens with zero attached hydrogens (tertiary/aromatic N) is 5. The van der Waals surface area contributed by atoms with Crippen molar-refractivity contribution in [3.8, 4) is 10.6 Å². The molecule has 0 atom stereocenters. The molecule has 3 rings (SSSR count). The zero-order valence-electron chi connectivity index (χ0n) is 9.73. The van der Waals surface area contributed by atoms with Crippen molar-refractivity contribution in [2.45, 2.75) is 6.54 Å². The van der Waals surface area contributed by atoms with Crippen LogP contribution in [0, 0.1) is 0 Å². The molecule has 8 nitrogen and oxygen atoms in total. The van der Waals surface area contributed by atoms with Crippen LogP contribution in [0.1, 0.15) is 16.3 Å². The molecular formula is C10H6ClN5O3S. The van der Waals surface area contributed by atoms with Gasteiger partial charge in [0.1, 0.15) is 12.2 Å². The van der Waals surface area contributed by atoms with E-state index in [1.165, 1.54) is 11.3 Å². The van der Waals surface area contributed by atoms with Crippen molar-refractivity contribution in [1.29, 1.82) is 0 Å². The minimum Gasteiger partial charge on any atom is -0.475 e. The Kier molecular flexibility index (Phi) is 3.20. The molecule has 0 bridgehead atoms. The lowest BCUT2D eigenvalue weighted by Gasteiger charge is -1.90. The fourth-order valence-electron chi connectivity index (χ4n) is 1.49. The average molecular weight is 312 g/mol. The maximum Gasteiger partial charge on any atom is 0.377 e. The van der Waals surface area contributed by atoms with E-state index < -0.39 is 5.97 Å². The van der Waals surface area contributed by atoms with Crippen molar-refractivity contribution in [2.75, 3.05) is 0 Å². The van der Waals surface area contributed by atoms with Crippen LogP contribution in [-0.2, 0) is 6.54 Å². The molecular weight excluding hydrogens is 306 g/mol. The first kappa shape index (κ1) is 12.8. The lowest BCUT2D eigenvalue weighted by Crippen LogP contribution is -2.05. The van der Waals surface area contributed by atoms with Crippen LogP contribution >= 0.6 is 22.9 Å². The molecule has 3 aromatic rings. The monoisotopic (exact) mass is 311 g/mol. The fraction of sp³-hybridized carbons (Fsp3) is 0.100. The van der Waals surface area contributed by atoms with Crippen LogP contribution in [-0.4, -0.2) is 36.4 Å². The first-order chi connectivity index (χ1) is 9.61. The van der Waals surface area contributed by atoms with Crippen molar-refractivity contribution < 1.29 is 14.4 Å². The molecule has 0 saturated carbocycles. The van der Waals surface area contributed by atoms with E-state index in [-0.39, 0.29) is 12.4 Å². The van der Waals surface area contributed by atoms with E-state index >= 15 is 0 Å². The fourth-order valence-corrected chi connectivity index (χ4v) is 2.48. The number of carboxylic acid groups (broad SMARTS) is 1. The molecule has 3 heterocycles. The number of thiophene rings is 1. The standard InChI is InChI=1S/C10H6ClN5O3S/c11-8-2-1-7(20-8)6-3-5(14-19-6)4-16-13-9(10(17)18)12-15-16/h1-3H,4H2,(H,17,18). The Bertz CT molecular complexity index is 764. The SMILES string of the molecule is O=C(O)c1nnn(Cc2cc(-c3ccc(Cl)s3)on2)n1. The number of tetrazole rings is 1.